The van der Waals surface area contributed by atoms with Crippen LogP contribution in [0.3, 0.4) is 0 Å². The highest BCUT2D eigenvalue weighted by Crippen LogP contribution is 2.31. The largest absolute Gasteiger partial charge is 0.416 e. The lowest BCUT2D eigenvalue weighted by molar-refractivity contribution is -0.137. The Kier molecular flexibility index (Phi) is 7.23. The highest BCUT2D eigenvalue weighted by molar-refractivity contribution is 6.03. The van der Waals surface area contributed by atoms with Gasteiger partial charge in [-0.25, -0.2) is 13.2 Å². The van der Waals surface area contributed by atoms with E-state index in [1.807, 2.05) is 0 Å². The molecule has 0 spiro atoms. The second kappa shape index (κ2) is 10.4. The predicted octanol–water partition coefficient (Wildman–Crippen LogP) is 5.92. The Morgan fingerprint density at radius 2 is 1.62 bits per heavy atom. The van der Waals surface area contributed by atoms with Crippen molar-refractivity contribution in [3.05, 3.63) is 94.9 Å². The van der Waals surface area contributed by atoms with E-state index >= 15 is 0 Å². The first-order chi connectivity index (χ1) is 17.5. The van der Waals surface area contributed by atoms with E-state index in [1.54, 1.807) is 30.3 Å². The van der Waals surface area contributed by atoms with E-state index in [0.717, 1.165) is 0 Å². The van der Waals surface area contributed by atoms with Crippen LogP contribution in [0.1, 0.15) is 32.0 Å². The molecule has 0 saturated heterocycles. The number of carbonyl (C=O) groups excluding carboxylic acids is 2. The number of halogens is 6. The quantitative estimate of drug-likeness (QED) is 0.265. The summed E-state index contributed by atoms with van der Waals surface area (Å²) in [5.41, 5.74) is 0.989. The molecule has 0 aliphatic carbocycles. The Morgan fingerprint density at radius 3 is 2.30 bits per heavy atom. The number of alkyl halides is 5. The van der Waals surface area contributed by atoms with Gasteiger partial charge in [0.15, 0.2) is 0 Å². The number of benzene rings is 3. The Hall–Kier alpha value is -4.28. The van der Waals surface area contributed by atoms with Gasteiger partial charge in [0, 0.05) is 28.6 Å². The van der Waals surface area contributed by atoms with Gasteiger partial charge in [0.05, 0.1) is 12.1 Å². The summed E-state index contributed by atoms with van der Waals surface area (Å²) in [6.45, 7) is -1.21. The Balaban J connectivity index is 1.49. The number of amides is 2. The van der Waals surface area contributed by atoms with Gasteiger partial charge < -0.3 is 15.6 Å². The molecule has 0 fully saturated rings. The molecule has 1 aromatic heterocycles. The van der Waals surface area contributed by atoms with Crippen LogP contribution in [0.4, 0.5) is 26.3 Å². The summed E-state index contributed by atoms with van der Waals surface area (Å²) in [5.74, 6) is -2.15. The van der Waals surface area contributed by atoms with Gasteiger partial charge in [-0.2, -0.15) is 13.2 Å². The van der Waals surface area contributed by atoms with Crippen LogP contribution in [0, 0.1) is 5.82 Å². The molecule has 5 nitrogen and oxygen atoms in total. The van der Waals surface area contributed by atoms with Crippen molar-refractivity contribution in [1.82, 2.24) is 15.6 Å². The Morgan fingerprint density at radius 1 is 0.892 bits per heavy atom. The van der Waals surface area contributed by atoms with Gasteiger partial charge in [0.25, 0.3) is 18.2 Å². The van der Waals surface area contributed by atoms with Gasteiger partial charge in [0.1, 0.15) is 11.5 Å². The number of fused-ring (bicyclic) bond motifs is 1. The number of carbonyl (C=O) groups is 2. The minimum absolute atomic E-state index is 0.112. The molecule has 4 aromatic rings. The summed E-state index contributed by atoms with van der Waals surface area (Å²) in [4.78, 5) is 27.5. The third-order valence-corrected chi connectivity index (χ3v) is 5.60. The highest BCUT2D eigenvalue weighted by atomic mass is 19.4. The lowest BCUT2D eigenvalue weighted by Gasteiger charge is -2.11. The maximum Gasteiger partial charge on any atom is 0.416 e. The van der Waals surface area contributed by atoms with Gasteiger partial charge in [-0.05, 0) is 53.6 Å². The van der Waals surface area contributed by atoms with E-state index < -0.39 is 48.9 Å². The molecule has 0 aliphatic heterocycles. The molecule has 37 heavy (non-hydrogen) atoms. The smallest absolute Gasteiger partial charge is 0.351 e. The van der Waals surface area contributed by atoms with Gasteiger partial charge in [-0.3, -0.25) is 9.59 Å². The summed E-state index contributed by atoms with van der Waals surface area (Å²) in [6.07, 6.45) is -7.32. The zero-order valence-electron chi connectivity index (χ0n) is 18.9. The first-order valence-corrected chi connectivity index (χ1v) is 11.0. The van der Waals surface area contributed by atoms with Crippen molar-refractivity contribution in [1.29, 1.82) is 0 Å². The van der Waals surface area contributed by atoms with E-state index in [9.17, 15) is 35.9 Å². The van der Waals surface area contributed by atoms with Gasteiger partial charge in [-0.1, -0.05) is 24.3 Å². The molecule has 2 amide bonds. The van der Waals surface area contributed by atoms with Crippen LogP contribution in [-0.2, 0) is 12.7 Å². The van der Waals surface area contributed by atoms with E-state index in [0.29, 0.717) is 40.2 Å². The molecule has 3 aromatic carbocycles. The molecular weight excluding hydrogens is 500 g/mol. The minimum atomic E-state index is -4.64. The van der Waals surface area contributed by atoms with Gasteiger partial charge in [-0.15, -0.1) is 0 Å². The lowest BCUT2D eigenvalue weighted by Crippen LogP contribution is -2.28. The summed E-state index contributed by atoms with van der Waals surface area (Å²) < 4.78 is 77.4. The minimum Gasteiger partial charge on any atom is -0.351 e. The Labute approximate surface area is 206 Å². The predicted molar refractivity (Wildman–Crippen MR) is 125 cm³/mol. The molecule has 0 atom stereocenters. The van der Waals surface area contributed by atoms with Crippen molar-refractivity contribution in [2.45, 2.75) is 19.1 Å². The van der Waals surface area contributed by atoms with E-state index in [-0.39, 0.29) is 16.8 Å². The molecule has 3 N–H and O–H groups in total. The third-order valence-electron chi connectivity index (χ3n) is 5.60. The highest BCUT2D eigenvalue weighted by Gasteiger charge is 2.31. The number of nitrogens with one attached hydrogen (secondary N) is 3. The van der Waals surface area contributed by atoms with Crippen LogP contribution in [-0.4, -0.2) is 29.8 Å². The number of H-pyrrole nitrogens is 1. The zero-order valence-corrected chi connectivity index (χ0v) is 18.9. The molecule has 0 bridgehead atoms. The second-order valence-electron chi connectivity index (χ2n) is 8.11. The number of aromatic nitrogens is 1. The third kappa shape index (κ3) is 5.93. The summed E-state index contributed by atoms with van der Waals surface area (Å²) in [7, 11) is 0. The number of rotatable bonds is 7. The first kappa shape index (κ1) is 25.8. The average Bonchev–Trinajstić information content (AvgIpc) is 3.30. The van der Waals surface area contributed by atoms with Crippen molar-refractivity contribution in [3.8, 4) is 11.1 Å². The molecular formula is C26H19F6N3O2. The van der Waals surface area contributed by atoms with Gasteiger partial charge in [0.2, 0.25) is 0 Å². The molecule has 0 radical (unpaired) electrons. The van der Waals surface area contributed by atoms with Crippen LogP contribution in [0.5, 0.6) is 0 Å². The maximum atomic E-state index is 13.9. The van der Waals surface area contributed by atoms with Gasteiger partial charge >= 0.3 is 6.18 Å². The van der Waals surface area contributed by atoms with Crippen LogP contribution >= 0.6 is 0 Å². The SMILES string of the molecule is O=C(NCc1cc(C(F)(F)F)ccc1F)c1ccc(-c2cccc3[nH]c(C(=O)NCC(F)F)cc23)cc1. The maximum absolute atomic E-state index is 13.9. The summed E-state index contributed by atoms with van der Waals surface area (Å²) >= 11 is 0. The van der Waals surface area contributed by atoms with Crippen LogP contribution in [0.15, 0.2) is 66.7 Å². The number of hydrogen-bond donors (Lipinski definition) is 3. The second-order valence-corrected chi connectivity index (χ2v) is 8.11. The summed E-state index contributed by atoms with van der Waals surface area (Å²) in [5, 5.41) is 5.20. The molecule has 4 rings (SSSR count). The molecule has 0 unspecified atom stereocenters. The molecule has 0 saturated carbocycles. The average molecular weight is 519 g/mol. The van der Waals surface area contributed by atoms with Crippen LogP contribution in [0.2, 0.25) is 0 Å². The van der Waals surface area contributed by atoms with Crippen LogP contribution in [0.25, 0.3) is 22.0 Å². The fourth-order valence-corrected chi connectivity index (χ4v) is 3.76. The van der Waals surface area contributed by atoms with E-state index in [2.05, 4.69) is 15.6 Å². The van der Waals surface area contributed by atoms with E-state index in [4.69, 9.17) is 0 Å². The van der Waals surface area contributed by atoms with Crippen LogP contribution < -0.4 is 10.6 Å². The number of hydrogen-bond acceptors (Lipinski definition) is 2. The molecule has 0 aliphatic rings. The normalized spacial score (nSPS) is 11.6. The number of aromatic amines is 1. The first-order valence-electron chi connectivity index (χ1n) is 11.0. The Bertz CT molecular complexity index is 1450. The summed E-state index contributed by atoms with van der Waals surface area (Å²) in [6, 6.07) is 15.0. The van der Waals surface area contributed by atoms with Crippen molar-refractivity contribution in [2.24, 2.45) is 0 Å². The molecule has 1 heterocycles. The van der Waals surface area contributed by atoms with Crippen molar-refractivity contribution in [2.75, 3.05) is 6.54 Å². The fraction of sp³-hybridized carbons (Fsp3) is 0.154. The van der Waals surface area contributed by atoms with E-state index in [1.165, 1.54) is 18.2 Å². The standard InChI is InChI=1S/C26H19F6N3O2/c27-20-9-8-17(26(30,31)32)10-16(20)12-33-24(36)15-6-4-14(5-7-15)18-2-1-3-21-19(18)11-22(35-21)25(37)34-13-23(28)29/h1-11,23,35H,12-13H2,(H,33,36)(H,34,37). The van der Waals surface area contributed by atoms with Crippen molar-refractivity contribution < 1.29 is 35.9 Å². The zero-order chi connectivity index (χ0) is 26.7. The fourth-order valence-electron chi connectivity index (χ4n) is 3.76. The topological polar surface area (TPSA) is 74.0 Å². The molecule has 11 heteroatoms. The lowest BCUT2D eigenvalue weighted by atomic mass is 10.00. The van der Waals surface area contributed by atoms with Crippen molar-refractivity contribution in [3.63, 3.8) is 0 Å². The van der Waals surface area contributed by atoms with Crippen molar-refractivity contribution >= 4 is 22.7 Å². The molecule has 192 valence electrons. The monoisotopic (exact) mass is 519 g/mol.